The van der Waals surface area contributed by atoms with Crippen LogP contribution in [0.25, 0.3) is 0 Å². The molecule has 92 valence electrons. The summed E-state index contributed by atoms with van der Waals surface area (Å²) in [6, 6.07) is 8.68. The molecule has 0 saturated carbocycles. The molecule has 0 aliphatic carbocycles. The van der Waals surface area contributed by atoms with E-state index in [1.54, 1.807) is 24.4 Å². The smallest absolute Gasteiger partial charge is 0.168 e. The van der Waals surface area contributed by atoms with Crippen LogP contribution in [-0.4, -0.2) is 10.8 Å². The molecule has 0 saturated heterocycles. The maximum Gasteiger partial charge on any atom is 0.168 e. The van der Waals surface area contributed by atoms with Crippen LogP contribution < -0.4 is 0 Å². The molecule has 0 bridgehead atoms. The summed E-state index contributed by atoms with van der Waals surface area (Å²) in [6.45, 7) is 1.93. The lowest BCUT2D eigenvalue weighted by molar-refractivity contribution is 0.0991. The number of aryl methyl sites for hydroxylation is 1. The van der Waals surface area contributed by atoms with Crippen molar-refractivity contribution in [2.24, 2.45) is 0 Å². The third-order valence-corrected chi connectivity index (χ3v) is 3.43. The largest absolute Gasteiger partial charge is 0.294 e. The summed E-state index contributed by atoms with van der Waals surface area (Å²) in [6.07, 6.45) is 1.95. The van der Waals surface area contributed by atoms with Gasteiger partial charge in [0.2, 0.25) is 0 Å². The van der Waals surface area contributed by atoms with E-state index in [9.17, 15) is 4.79 Å². The van der Waals surface area contributed by atoms with Gasteiger partial charge in [-0.3, -0.25) is 9.78 Å². The molecule has 1 aromatic heterocycles. The van der Waals surface area contributed by atoms with Crippen molar-refractivity contribution >= 4 is 29.0 Å². The van der Waals surface area contributed by atoms with Gasteiger partial charge in [-0.1, -0.05) is 29.3 Å². The molecule has 0 aliphatic heterocycles. The highest BCUT2D eigenvalue weighted by molar-refractivity contribution is 6.42. The Morgan fingerprint density at radius 1 is 1.22 bits per heavy atom. The normalized spacial score (nSPS) is 10.4. The highest BCUT2D eigenvalue weighted by Crippen LogP contribution is 2.23. The Kier molecular flexibility index (Phi) is 4.00. The van der Waals surface area contributed by atoms with Crippen LogP contribution in [0.15, 0.2) is 36.5 Å². The van der Waals surface area contributed by atoms with E-state index in [1.807, 2.05) is 19.1 Å². The van der Waals surface area contributed by atoms with E-state index in [2.05, 4.69) is 4.98 Å². The molecule has 0 aliphatic rings. The molecule has 0 atom stereocenters. The zero-order valence-corrected chi connectivity index (χ0v) is 11.3. The number of carbonyl (C=O) groups is 1. The van der Waals surface area contributed by atoms with E-state index in [1.165, 1.54) is 0 Å². The van der Waals surface area contributed by atoms with E-state index < -0.39 is 0 Å². The molecule has 2 nitrogen and oxygen atoms in total. The number of carbonyl (C=O) groups excluding carboxylic acids is 1. The van der Waals surface area contributed by atoms with Crippen molar-refractivity contribution in [2.75, 3.05) is 0 Å². The number of nitrogens with zero attached hydrogens (tertiary/aromatic N) is 1. The van der Waals surface area contributed by atoms with Crippen molar-refractivity contribution in [3.8, 4) is 0 Å². The van der Waals surface area contributed by atoms with Crippen LogP contribution in [0.4, 0.5) is 0 Å². The fourth-order valence-electron chi connectivity index (χ4n) is 1.63. The molecular weight excluding hydrogens is 269 g/mol. The van der Waals surface area contributed by atoms with Crippen molar-refractivity contribution < 1.29 is 4.79 Å². The summed E-state index contributed by atoms with van der Waals surface area (Å²) in [5, 5.41) is 0.836. The van der Waals surface area contributed by atoms with Gasteiger partial charge in [-0.15, -0.1) is 0 Å². The van der Waals surface area contributed by atoms with E-state index in [0.29, 0.717) is 15.6 Å². The summed E-state index contributed by atoms with van der Waals surface area (Å²) in [4.78, 5) is 16.3. The maximum absolute atomic E-state index is 12.1. The van der Waals surface area contributed by atoms with Crippen LogP contribution in [-0.2, 0) is 6.42 Å². The second kappa shape index (κ2) is 5.51. The molecule has 1 heterocycles. The van der Waals surface area contributed by atoms with Gasteiger partial charge in [0, 0.05) is 11.8 Å². The lowest BCUT2D eigenvalue weighted by Gasteiger charge is -2.05. The predicted molar refractivity (Wildman–Crippen MR) is 73.5 cm³/mol. The second-order valence-corrected chi connectivity index (χ2v) is 4.81. The van der Waals surface area contributed by atoms with Crippen molar-refractivity contribution in [1.82, 2.24) is 4.98 Å². The molecule has 0 amide bonds. The lowest BCUT2D eigenvalue weighted by Crippen LogP contribution is -2.06. The average molecular weight is 280 g/mol. The van der Waals surface area contributed by atoms with Crippen LogP contribution >= 0.6 is 23.2 Å². The average Bonchev–Trinajstić information content (AvgIpc) is 2.35. The third kappa shape index (κ3) is 2.89. The quantitative estimate of drug-likeness (QED) is 0.791. The highest BCUT2D eigenvalue weighted by atomic mass is 35.5. The van der Waals surface area contributed by atoms with Gasteiger partial charge in [0.25, 0.3) is 0 Å². The first-order valence-corrected chi connectivity index (χ1v) is 6.22. The molecule has 4 heteroatoms. The SMILES string of the molecule is Cc1cccnc1CC(=O)c1ccc(Cl)c(Cl)c1. The van der Waals surface area contributed by atoms with Crippen molar-refractivity contribution in [1.29, 1.82) is 0 Å². The van der Waals surface area contributed by atoms with Gasteiger partial charge >= 0.3 is 0 Å². The number of rotatable bonds is 3. The summed E-state index contributed by atoms with van der Waals surface area (Å²) < 4.78 is 0. The van der Waals surface area contributed by atoms with Gasteiger partial charge in [-0.25, -0.2) is 0 Å². The summed E-state index contributed by atoms with van der Waals surface area (Å²) in [5.74, 6) is -0.0182. The Balaban J connectivity index is 2.22. The number of aromatic nitrogens is 1. The number of hydrogen-bond donors (Lipinski definition) is 0. The minimum Gasteiger partial charge on any atom is -0.294 e. The molecular formula is C14H11Cl2NO. The second-order valence-electron chi connectivity index (χ2n) is 4.00. The van der Waals surface area contributed by atoms with E-state index in [-0.39, 0.29) is 12.2 Å². The molecule has 1 aromatic carbocycles. The summed E-state index contributed by atoms with van der Waals surface area (Å²) >= 11 is 11.7. The number of benzene rings is 1. The number of halogens is 2. The monoisotopic (exact) mass is 279 g/mol. The standard InChI is InChI=1S/C14H11Cl2NO/c1-9-3-2-6-17-13(9)8-14(18)10-4-5-11(15)12(16)7-10/h2-7H,8H2,1H3. The topological polar surface area (TPSA) is 30.0 Å². The number of Topliss-reactive ketones (excluding diaryl/α,β-unsaturated/α-hetero) is 1. The Hall–Kier alpha value is -1.38. The molecule has 0 spiro atoms. The zero-order valence-electron chi connectivity index (χ0n) is 9.78. The summed E-state index contributed by atoms with van der Waals surface area (Å²) in [7, 11) is 0. The third-order valence-electron chi connectivity index (χ3n) is 2.69. The fourth-order valence-corrected chi connectivity index (χ4v) is 1.93. The van der Waals surface area contributed by atoms with Gasteiger partial charge in [0.1, 0.15) is 0 Å². The highest BCUT2D eigenvalue weighted by Gasteiger charge is 2.11. The lowest BCUT2D eigenvalue weighted by atomic mass is 10.0. The van der Waals surface area contributed by atoms with Crippen LogP contribution in [0.1, 0.15) is 21.6 Å². The molecule has 2 aromatic rings. The molecule has 0 N–H and O–H groups in total. The van der Waals surface area contributed by atoms with E-state index in [4.69, 9.17) is 23.2 Å². The van der Waals surface area contributed by atoms with Crippen LogP contribution in [0, 0.1) is 6.92 Å². The first kappa shape index (κ1) is 13.1. The molecule has 18 heavy (non-hydrogen) atoms. The maximum atomic E-state index is 12.1. The minimum atomic E-state index is -0.0182. The summed E-state index contributed by atoms with van der Waals surface area (Å²) in [5.41, 5.74) is 2.34. The Morgan fingerprint density at radius 3 is 2.67 bits per heavy atom. The fraction of sp³-hybridized carbons (Fsp3) is 0.143. The van der Waals surface area contributed by atoms with Crippen molar-refractivity contribution in [2.45, 2.75) is 13.3 Å². The molecule has 2 rings (SSSR count). The number of ketones is 1. The van der Waals surface area contributed by atoms with Gasteiger partial charge in [0.15, 0.2) is 5.78 Å². The number of pyridine rings is 1. The van der Waals surface area contributed by atoms with Crippen molar-refractivity contribution in [3.63, 3.8) is 0 Å². The van der Waals surface area contributed by atoms with Crippen LogP contribution in [0.5, 0.6) is 0 Å². The first-order valence-electron chi connectivity index (χ1n) is 5.46. The van der Waals surface area contributed by atoms with Crippen LogP contribution in [0.2, 0.25) is 10.0 Å². The predicted octanol–water partition coefficient (Wildman–Crippen LogP) is 4.12. The first-order chi connectivity index (χ1) is 8.58. The number of hydrogen-bond acceptors (Lipinski definition) is 2. The zero-order chi connectivity index (χ0) is 13.1. The molecule has 0 unspecified atom stereocenters. The minimum absolute atomic E-state index is 0.0182. The van der Waals surface area contributed by atoms with E-state index in [0.717, 1.165) is 11.3 Å². The molecule has 0 radical (unpaired) electrons. The van der Waals surface area contributed by atoms with Gasteiger partial charge < -0.3 is 0 Å². The van der Waals surface area contributed by atoms with Gasteiger partial charge in [-0.05, 0) is 36.8 Å². The Labute approximate surface area is 116 Å². The van der Waals surface area contributed by atoms with Crippen molar-refractivity contribution in [3.05, 3.63) is 63.4 Å². The Morgan fingerprint density at radius 2 is 2.00 bits per heavy atom. The van der Waals surface area contributed by atoms with E-state index >= 15 is 0 Å². The van der Waals surface area contributed by atoms with Crippen LogP contribution in [0.3, 0.4) is 0 Å². The van der Waals surface area contributed by atoms with Gasteiger partial charge in [0.05, 0.1) is 22.2 Å². The Bertz CT molecular complexity index is 596. The van der Waals surface area contributed by atoms with Gasteiger partial charge in [-0.2, -0.15) is 0 Å². The molecule has 0 fully saturated rings.